The van der Waals surface area contributed by atoms with Crippen LogP contribution in [0.1, 0.15) is 39.5 Å². The van der Waals surface area contributed by atoms with E-state index >= 15 is 0 Å². The van der Waals surface area contributed by atoms with Crippen LogP contribution in [0.15, 0.2) is 11.2 Å². The van der Waals surface area contributed by atoms with Crippen molar-refractivity contribution in [1.82, 2.24) is 9.97 Å². The highest BCUT2D eigenvalue weighted by atomic mass is 32.2. The lowest BCUT2D eigenvalue weighted by Crippen LogP contribution is -2.43. The van der Waals surface area contributed by atoms with Crippen LogP contribution in [-0.2, 0) is 4.74 Å². The van der Waals surface area contributed by atoms with Crippen LogP contribution in [0.5, 0.6) is 0 Å². The van der Waals surface area contributed by atoms with Gasteiger partial charge in [0.25, 0.3) is 0 Å². The van der Waals surface area contributed by atoms with Gasteiger partial charge in [0.2, 0.25) is 0 Å². The monoisotopic (exact) mass is 296 g/mol. The molecule has 0 radical (unpaired) electrons. The van der Waals surface area contributed by atoms with E-state index in [4.69, 9.17) is 10.5 Å². The topological polar surface area (TPSA) is 73.1 Å². The van der Waals surface area contributed by atoms with Gasteiger partial charge in [-0.3, -0.25) is 0 Å². The summed E-state index contributed by atoms with van der Waals surface area (Å²) in [5.41, 5.74) is 5.83. The summed E-state index contributed by atoms with van der Waals surface area (Å²) in [6.07, 6.45) is 6.05. The molecule has 1 aromatic rings. The van der Waals surface area contributed by atoms with Crippen LogP contribution in [0.4, 0.5) is 11.6 Å². The van der Waals surface area contributed by atoms with Crippen molar-refractivity contribution in [3.63, 3.8) is 0 Å². The third-order valence-electron chi connectivity index (χ3n) is 4.04. The zero-order valence-electron chi connectivity index (χ0n) is 12.5. The molecule has 1 atom stereocenters. The number of nitrogens with two attached hydrogens (primary N) is 1. The Kier molecular flexibility index (Phi) is 5.10. The molecule has 5 nitrogen and oxygen atoms in total. The van der Waals surface area contributed by atoms with Gasteiger partial charge in [-0.1, -0.05) is 25.6 Å². The quantitative estimate of drug-likeness (QED) is 0.643. The first-order valence-corrected chi connectivity index (χ1v) is 8.42. The standard InChI is InChI=1S/C14H24N4OS/c1-4-14(5-2)9-10(6-7-19-14)16-12-8-11(15)17-13(18-12)20-3/h8,10H,4-7,9H2,1-3H3,(H3,15,16,17,18). The number of nitrogens with zero attached hydrogens (tertiary/aromatic N) is 2. The number of nitrogen functional groups attached to an aromatic ring is 1. The molecular formula is C14H24N4OS. The van der Waals surface area contributed by atoms with Gasteiger partial charge in [0.15, 0.2) is 5.16 Å². The molecule has 6 heteroatoms. The third kappa shape index (κ3) is 3.55. The predicted molar refractivity (Wildman–Crippen MR) is 84.1 cm³/mol. The Balaban J connectivity index is 2.08. The maximum atomic E-state index is 6.00. The fourth-order valence-electron chi connectivity index (χ4n) is 2.71. The lowest BCUT2D eigenvalue weighted by molar-refractivity contribution is -0.0864. The fourth-order valence-corrected chi connectivity index (χ4v) is 3.10. The summed E-state index contributed by atoms with van der Waals surface area (Å²) in [4.78, 5) is 8.64. The molecule has 0 aliphatic carbocycles. The highest BCUT2D eigenvalue weighted by Crippen LogP contribution is 2.32. The summed E-state index contributed by atoms with van der Waals surface area (Å²) in [6, 6.07) is 2.18. The molecular weight excluding hydrogens is 272 g/mol. The number of hydrogen-bond donors (Lipinski definition) is 2. The molecule has 0 aromatic carbocycles. The van der Waals surface area contributed by atoms with Crippen LogP contribution in [0, 0.1) is 0 Å². The van der Waals surface area contributed by atoms with Crippen LogP contribution in [-0.4, -0.2) is 34.5 Å². The summed E-state index contributed by atoms with van der Waals surface area (Å²) in [6.45, 7) is 5.19. The van der Waals surface area contributed by atoms with Crippen molar-refractivity contribution in [2.24, 2.45) is 0 Å². The SMILES string of the molecule is CCC1(CC)CC(Nc2cc(N)nc(SC)n2)CCO1. The van der Waals surface area contributed by atoms with E-state index in [1.54, 1.807) is 6.07 Å². The van der Waals surface area contributed by atoms with E-state index in [1.807, 2.05) is 6.26 Å². The van der Waals surface area contributed by atoms with Crippen LogP contribution in [0.25, 0.3) is 0 Å². The predicted octanol–water partition coefficient (Wildman–Crippen LogP) is 2.93. The minimum atomic E-state index is 0.0107. The molecule has 112 valence electrons. The molecule has 1 aliphatic rings. The van der Waals surface area contributed by atoms with Crippen molar-refractivity contribution in [1.29, 1.82) is 0 Å². The lowest BCUT2D eigenvalue weighted by Gasteiger charge is -2.40. The van der Waals surface area contributed by atoms with E-state index in [-0.39, 0.29) is 5.60 Å². The van der Waals surface area contributed by atoms with Crippen molar-refractivity contribution in [3.05, 3.63) is 6.07 Å². The molecule has 0 bridgehead atoms. The first-order valence-electron chi connectivity index (χ1n) is 7.20. The molecule has 0 saturated carbocycles. The first kappa shape index (κ1) is 15.4. The van der Waals surface area contributed by atoms with Crippen LogP contribution in [0.3, 0.4) is 0 Å². The summed E-state index contributed by atoms with van der Waals surface area (Å²) < 4.78 is 6.00. The largest absolute Gasteiger partial charge is 0.383 e. The second-order valence-electron chi connectivity index (χ2n) is 5.24. The van der Waals surface area contributed by atoms with Crippen molar-refractivity contribution in [2.45, 2.75) is 56.3 Å². The summed E-state index contributed by atoms with van der Waals surface area (Å²) >= 11 is 1.50. The van der Waals surface area contributed by atoms with Crippen molar-refractivity contribution >= 4 is 23.4 Å². The average molecular weight is 296 g/mol. The third-order valence-corrected chi connectivity index (χ3v) is 4.59. The molecule has 1 saturated heterocycles. The first-order chi connectivity index (χ1) is 9.60. The average Bonchev–Trinajstić information content (AvgIpc) is 2.46. The number of aromatic nitrogens is 2. The number of rotatable bonds is 5. The van der Waals surface area contributed by atoms with Gasteiger partial charge < -0.3 is 15.8 Å². The van der Waals surface area contributed by atoms with Crippen molar-refractivity contribution < 1.29 is 4.74 Å². The zero-order chi connectivity index (χ0) is 14.6. The number of nitrogens with one attached hydrogen (secondary N) is 1. The van der Waals surface area contributed by atoms with Gasteiger partial charge in [0, 0.05) is 18.7 Å². The van der Waals surface area contributed by atoms with Gasteiger partial charge in [-0.25, -0.2) is 9.97 Å². The smallest absolute Gasteiger partial charge is 0.191 e. The number of hydrogen-bond acceptors (Lipinski definition) is 6. The van der Waals surface area contributed by atoms with Crippen molar-refractivity contribution in [2.75, 3.05) is 23.9 Å². The van der Waals surface area contributed by atoms with Gasteiger partial charge >= 0.3 is 0 Å². The molecule has 1 aliphatic heterocycles. The highest BCUT2D eigenvalue weighted by Gasteiger charge is 2.34. The fraction of sp³-hybridized carbons (Fsp3) is 0.714. The normalized spacial score (nSPS) is 21.6. The van der Waals surface area contributed by atoms with Gasteiger partial charge in [-0.05, 0) is 31.9 Å². The van der Waals surface area contributed by atoms with Gasteiger partial charge in [0.05, 0.1) is 5.60 Å². The second kappa shape index (κ2) is 6.63. The Bertz CT molecular complexity index is 451. The van der Waals surface area contributed by atoms with E-state index in [2.05, 4.69) is 29.1 Å². The Hall–Kier alpha value is -1.01. The van der Waals surface area contributed by atoms with Gasteiger partial charge in [-0.2, -0.15) is 0 Å². The molecule has 0 spiro atoms. The van der Waals surface area contributed by atoms with E-state index in [1.165, 1.54) is 11.8 Å². The molecule has 3 N–H and O–H groups in total. The Labute approximate surface area is 125 Å². The van der Waals surface area contributed by atoms with Crippen LogP contribution >= 0.6 is 11.8 Å². The van der Waals surface area contributed by atoms with E-state index < -0.39 is 0 Å². The maximum Gasteiger partial charge on any atom is 0.191 e. The second-order valence-corrected chi connectivity index (χ2v) is 6.01. The lowest BCUT2D eigenvalue weighted by atomic mass is 9.86. The molecule has 2 heterocycles. The molecule has 1 fully saturated rings. The molecule has 1 aromatic heterocycles. The van der Waals surface area contributed by atoms with E-state index in [0.29, 0.717) is 17.0 Å². The zero-order valence-corrected chi connectivity index (χ0v) is 13.3. The Morgan fingerprint density at radius 3 is 2.85 bits per heavy atom. The van der Waals surface area contributed by atoms with Crippen molar-refractivity contribution in [3.8, 4) is 0 Å². The Morgan fingerprint density at radius 1 is 1.45 bits per heavy atom. The molecule has 20 heavy (non-hydrogen) atoms. The van der Waals surface area contributed by atoms with Crippen LogP contribution < -0.4 is 11.1 Å². The summed E-state index contributed by atoms with van der Waals surface area (Å²) in [7, 11) is 0. The Morgan fingerprint density at radius 2 is 2.20 bits per heavy atom. The van der Waals surface area contributed by atoms with Gasteiger partial charge in [-0.15, -0.1) is 0 Å². The van der Waals surface area contributed by atoms with Gasteiger partial charge in [0.1, 0.15) is 11.6 Å². The molecule has 2 rings (SSSR count). The van der Waals surface area contributed by atoms with E-state index in [0.717, 1.165) is 38.1 Å². The van der Waals surface area contributed by atoms with E-state index in [9.17, 15) is 0 Å². The number of ether oxygens (including phenoxy) is 1. The minimum Gasteiger partial charge on any atom is -0.383 e. The van der Waals surface area contributed by atoms with Crippen LogP contribution in [0.2, 0.25) is 0 Å². The number of anilines is 2. The highest BCUT2D eigenvalue weighted by molar-refractivity contribution is 7.98. The summed E-state index contributed by atoms with van der Waals surface area (Å²) in [5.74, 6) is 1.33. The maximum absolute atomic E-state index is 6.00. The molecule has 1 unspecified atom stereocenters. The number of thioether (sulfide) groups is 1. The summed E-state index contributed by atoms with van der Waals surface area (Å²) in [5, 5.41) is 4.20. The minimum absolute atomic E-state index is 0.0107. The molecule has 0 amide bonds.